The molecule has 0 aromatic heterocycles. The van der Waals surface area contributed by atoms with E-state index in [1.807, 2.05) is 0 Å². The Kier molecular flexibility index (Phi) is 3.79. The van der Waals surface area contributed by atoms with Crippen LogP contribution in [-0.2, 0) is 0 Å². The highest BCUT2D eigenvalue weighted by atomic mass is 35.5. The fourth-order valence-corrected chi connectivity index (χ4v) is 2.71. The minimum Gasteiger partial charge on any atom is -0.324 e. The van der Waals surface area contributed by atoms with Crippen LogP contribution in [0.3, 0.4) is 0 Å². The van der Waals surface area contributed by atoms with Gasteiger partial charge in [-0.2, -0.15) is 0 Å². The molecule has 4 heteroatoms. The van der Waals surface area contributed by atoms with E-state index in [-0.39, 0.29) is 20.9 Å². The van der Waals surface area contributed by atoms with Crippen LogP contribution in [-0.4, -0.2) is 5.78 Å². The lowest BCUT2D eigenvalue weighted by molar-refractivity contribution is 0.103. The van der Waals surface area contributed by atoms with E-state index in [4.69, 9.17) is 17.3 Å². The van der Waals surface area contributed by atoms with E-state index in [1.54, 1.807) is 42.5 Å². The molecule has 114 valence electrons. The zero-order valence-electron chi connectivity index (χ0n) is 11.4. The first-order valence-electron chi connectivity index (χ1n) is 6.93. The Labute approximate surface area is 132 Å². The molecule has 1 saturated carbocycles. The summed E-state index contributed by atoms with van der Waals surface area (Å²) in [5.41, 5.74) is 6.77. The smallest absolute Gasteiger partial charge is 0.197 e. The van der Waals surface area contributed by atoms with E-state index in [0.717, 1.165) is 12.8 Å². The second-order valence-electron chi connectivity index (χ2n) is 5.38. The zero-order chi connectivity index (χ0) is 15.0. The summed E-state index contributed by atoms with van der Waals surface area (Å²) in [4.78, 5) is 12.5. The maximum atomic E-state index is 14.7. The molecule has 2 N–H and O–H groups in total. The van der Waals surface area contributed by atoms with Crippen molar-refractivity contribution in [3.8, 4) is 0 Å². The molecule has 0 bridgehead atoms. The van der Waals surface area contributed by atoms with Crippen molar-refractivity contribution >= 4 is 17.4 Å². The lowest BCUT2D eigenvalue weighted by Crippen LogP contribution is -2.17. The number of halogens is 2. The summed E-state index contributed by atoms with van der Waals surface area (Å²) >= 11 is 6.04. The molecule has 3 rings (SSSR count). The van der Waals surface area contributed by atoms with Crippen molar-refractivity contribution in [2.24, 2.45) is 11.7 Å². The second-order valence-corrected chi connectivity index (χ2v) is 5.79. The maximum Gasteiger partial charge on any atom is 0.197 e. The molecule has 0 aliphatic heterocycles. The molecule has 1 fully saturated rings. The Hall–Kier alpha value is -1.71. The van der Waals surface area contributed by atoms with Crippen molar-refractivity contribution in [2.45, 2.75) is 18.9 Å². The summed E-state index contributed by atoms with van der Waals surface area (Å²) in [5.74, 6) is -0.695. The summed E-state index contributed by atoms with van der Waals surface area (Å²) in [5, 5.41) is 0.119. The summed E-state index contributed by atoms with van der Waals surface area (Å²) in [6, 6.07) is 11.3. The highest BCUT2D eigenvalue weighted by Gasteiger charge is 2.33. The normalized spacial score (nSPS) is 15.8. The van der Waals surface area contributed by atoms with Gasteiger partial charge in [0, 0.05) is 21.4 Å². The maximum absolute atomic E-state index is 14.7. The molecule has 1 aliphatic rings. The molecular weight excluding hydrogens is 289 g/mol. The fraction of sp³-hybridized carbons (Fsp3) is 0.235. The largest absolute Gasteiger partial charge is 0.324 e. The first-order valence-corrected chi connectivity index (χ1v) is 7.30. The molecule has 0 spiro atoms. The highest BCUT2D eigenvalue weighted by Crippen LogP contribution is 2.41. The Balaban J connectivity index is 0.00000176. The molecule has 0 amide bonds. The molecule has 0 heterocycles. The van der Waals surface area contributed by atoms with E-state index >= 15 is 0 Å². The van der Waals surface area contributed by atoms with Gasteiger partial charge in [0.05, 0.1) is 10.6 Å². The van der Waals surface area contributed by atoms with Gasteiger partial charge in [-0.3, -0.25) is 4.79 Å². The minimum atomic E-state index is -0.587. The topological polar surface area (TPSA) is 43.1 Å². The van der Waals surface area contributed by atoms with Gasteiger partial charge >= 0.3 is 0 Å². The first kappa shape index (κ1) is 14.2. The van der Waals surface area contributed by atoms with Crippen LogP contribution in [0.2, 0.25) is 5.02 Å². The lowest BCUT2D eigenvalue weighted by Gasteiger charge is -2.15. The number of ketones is 1. The van der Waals surface area contributed by atoms with Gasteiger partial charge in [-0.15, -0.1) is 0 Å². The number of nitrogens with two attached hydrogens (primary N) is 1. The van der Waals surface area contributed by atoms with Crippen LogP contribution in [0.4, 0.5) is 4.39 Å². The average Bonchev–Trinajstić information content (AvgIpc) is 3.32. The number of hydrogen-bond acceptors (Lipinski definition) is 2. The summed E-state index contributed by atoms with van der Waals surface area (Å²) < 4.78 is 14.7. The van der Waals surface area contributed by atoms with Crippen molar-refractivity contribution in [3.05, 3.63) is 70.0 Å². The van der Waals surface area contributed by atoms with Crippen LogP contribution in [0, 0.1) is 11.7 Å². The van der Waals surface area contributed by atoms with Gasteiger partial charge in [0.2, 0.25) is 0 Å². The molecule has 1 aliphatic carbocycles. The monoisotopic (exact) mass is 309 g/mol. The van der Waals surface area contributed by atoms with Crippen LogP contribution < -0.4 is 5.73 Å². The van der Waals surface area contributed by atoms with Crippen molar-refractivity contribution < 1.29 is 13.5 Å². The Morgan fingerprint density at radius 2 is 1.90 bits per heavy atom. The Morgan fingerprint density at radius 3 is 2.52 bits per heavy atom. The van der Waals surface area contributed by atoms with Gasteiger partial charge in [-0.1, -0.05) is 48.0 Å². The SMILES string of the molecule is N[C@@H](c1ccc(Cl)c(C(=O)c2ccccc2)c1F)C1CC1.[HH].[HH].[HH]. The molecule has 2 nitrogen and oxygen atoms in total. The van der Waals surface area contributed by atoms with Crippen molar-refractivity contribution in [1.29, 1.82) is 0 Å². The van der Waals surface area contributed by atoms with E-state index in [9.17, 15) is 9.18 Å². The third-order valence-electron chi connectivity index (χ3n) is 3.87. The van der Waals surface area contributed by atoms with E-state index in [1.165, 1.54) is 0 Å². The van der Waals surface area contributed by atoms with Crippen LogP contribution in [0.25, 0.3) is 0 Å². The molecule has 0 saturated heterocycles. The number of carbonyl (C=O) groups excluding carboxylic acids is 1. The highest BCUT2D eigenvalue weighted by molar-refractivity contribution is 6.35. The Morgan fingerprint density at radius 1 is 1.24 bits per heavy atom. The van der Waals surface area contributed by atoms with E-state index in [2.05, 4.69) is 0 Å². The van der Waals surface area contributed by atoms with Gasteiger partial charge in [-0.25, -0.2) is 4.39 Å². The van der Waals surface area contributed by atoms with Crippen LogP contribution in [0.1, 0.15) is 44.6 Å². The molecule has 0 radical (unpaired) electrons. The average molecular weight is 310 g/mol. The summed E-state index contributed by atoms with van der Waals surface area (Å²) in [6.07, 6.45) is 2.01. The van der Waals surface area contributed by atoms with Gasteiger partial charge in [0.25, 0.3) is 0 Å². The Bertz CT molecular complexity index is 696. The van der Waals surface area contributed by atoms with Crippen molar-refractivity contribution in [2.75, 3.05) is 0 Å². The molecular formula is C17H21ClFNO. The van der Waals surface area contributed by atoms with E-state index < -0.39 is 11.6 Å². The van der Waals surface area contributed by atoms with Crippen molar-refractivity contribution in [1.82, 2.24) is 0 Å². The van der Waals surface area contributed by atoms with Gasteiger partial charge in [0.1, 0.15) is 5.82 Å². The molecule has 2 aromatic carbocycles. The van der Waals surface area contributed by atoms with Crippen LogP contribution >= 0.6 is 11.6 Å². The van der Waals surface area contributed by atoms with E-state index in [0.29, 0.717) is 17.0 Å². The molecule has 2 aromatic rings. The van der Waals surface area contributed by atoms with Gasteiger partial charge < -0.3 is 5.73 Å². The van der Waals surface area contributed by atoms with Crippen LogP contribution in [0.15, 0.2) is 42.5 Å². The van der Waals surface area contributed by atoms with Crippen molar-refractivity contribution in [3.63, 3.8) is 0 Å². The number of benzene rings is 2. The third kappa shape index (κ3) is 2.71. The standard InChI is InChI=1S/C17H15ClFNO.3H2/c18-13-9-8-12(16(20)10-6-7-10)15(19)14(13)17(21)11-4-2-1-3-5-11;;;/h1-5,8-10,16H,6-7,20H2;3*1H/t16-;;;/m1.../s1. The molecule has 21 heavy (non-hydrogen) atoms. The van der Waals surface area contributed by atoms with Gasteiger partial charge in [-0.05, 0) is 24.8 Å². The molecule has 0 unspecified atom stereocenters. The second kappa shape index (κ2) is 5.58. The first-order chi connectivity index (χ1) is 10.1. The number of hydrogen-bond donors (Lipinski definition) is 1. The quantitative estimate of drug-likeness (QED) is 0.820. The van der Waals surface area contributed by atoms with Crippen LogP contribution in [0.5, 0.6) is 0 Å². The summed E-state index contributed by atoms with van der Waals surface area (Å²) in [6.45, 7) is 0. The molecule has 1 atom stereocenters. The number of carbonyl (C=O) groups is 1. The predicted octanol–water partition coefficient (Wildman–Crippen LogP) is 4.86. The zero-order valence-corrected chi connectivity index (χ0v) is 12.1. The lowest BCUT2D eigenvalue weighted by atomic mass is 9.96. The minimum absolute atomic E-state index is 0. The fourth-order valence-electron chi connectivity index (χ4n) is 2.48. The predicted molar refractivity (Wildman–Crippen MR) is 87.3 cm³/mol. The summed E-state index contributed by atoms with van der Waals surface area (Å²) in [7, 11) is 0. The third-order valence-corrected chi connectivity index (χ3v) is 4.19. The number of rotatable bonds is 4. The van der Waals surface area contributed by atoms with Gasteiger partial charge in [0.15, 0.2) is 5.78 Å².